The largest absolute Gasteiger partial charge is 0.327 e. The Morgan fingerprint density at radius 3 is 2.94 bits per heavy atom. The number of halogens is 1. The average Bonchev–Trinajstić information content (AvgIpc) is 2.72. The van der Waals surface area contributed by atoms with Crippen LogP contribution in [0.3, 0.4) is 0 Å². The first-order chi connectivity index (χ1) is 8.25. The molecule has 0 saturated carbocycles. The second-order valence-electron chi connectivity index (χ2n) is 4.32. The van der Waals surface area contributed by atoms with E-state index in [1.807, 2.05) is 24.3 Å². The molecule has 2 aromatic rings. The molecule has 1 atom stereocenters. The SMILES string of the molecule is NC1CCn2c(nnc2-c2ccccc2Cl)C1. The van der Waals surface area contributed by atoms with Crippen LogP contribution in [0.1, 0.15) is 12.2 Å². The number of fused-ring (bicyclic) bond motifs is 1. The highest BCUT2D eigenvalue weighted by molar-refractivity contribution is 6.33. The van der Waals surface area contributed by atoms with Gasteiger partial charge in [-0.1, -0.05) is 23.7 Å². The van der Waals surface area contributed by atoms with Gasteiger partial charge >= 0.3 is 0 Å². The highest BCUT2D eigenvalue weighted by atomic mass is 35.5. The molecule has 0 spiro atoms. The van der Waals surface area contributed by atoms with Gasteiger partial charge in [0.25, 0.3) is 0 Å². The summed E-state index contributed by atoms with van der Waals surface area (Å²) in [5, 5.41) is 9.14. The van der Waals surface area contributed by atoms with E-state index in [0.29, 0.717) is 5.02 Å². The molecular formula is C12H13ClN4. The molecule has 4 nitrogen and oxygen atoms in total. The van der Waals surface area contributed by atoms with E-state index in [1.165, 1.54) is 0 Å². The van der Waals surface area contributed by atoms with Crippen molar-refractivity contribution < 1.29 is 0 Å². The summed E-state index contributed by atoms with van der Waals surface area (Å²) in [4.78, 5) is 0. The van der Waals surface area contributed by atoms with Gasteiger partial charge in [0, 0.05) is 24.6 Å². The van der Waals surface area contributed by atoms with Crippen LogP contribution in [0, 0.1) is 0 Å². The molecule has 1 aromatic heterocycles. The molecule has 0 fully saturated rings. The minimum absolute atomic E-state index is 0.200. The number of hydrogen-bond acceptors (Lipinski definition) is 3. The third-order valence-electron chi connectivity index (χ3n) is 3.11. The Bertz CT molecular complexity index is 549. The first-order valence-corrected chi connectivity index (χ1v) is 6.06. The summed E-state index contributed by atoms with van der Waals surface area (Å²) in [7, 11) is 0. The van der Waals surface area contributed by atoms with E-state index in [2.05, 4.69) is 14.8 Å². The predicted molar refractivity (Wildman–Crippen MR) is 66.8 cm³/mol. The standard InChI is InChI=1S/C12H13ClN4/c13-10-4-2-1-3-9(10)12-16-15-11-7-8(14)5-6-17(11)12/h1-4,8H,5-7,14H2. The number of nitrogens with zero attached hydrogens (tertiary/aromatic N) is 3. The van der Waals surface area contributed by atoms with E-state index in [0.717, 1.165) is 36.6 Å². The quantitative estimate of drug-likeness (QED) is 0.838. The number of nitrogens with two attached hydrogens (primary N) is 1. The lowest BCUT2D eigenvalue weighted by atomic mass is 10.1. The monoisotopic (exact) mass is 248 g/mol. The second kappa shape index (κ2) is 4.13. The van der Waals surface area contributed by atoms with Crippen LogP contribution in [0.4, 0.5) is 0 Å². The zero-order valence-electron chi connectivity index (χ0n) is 9.31. The molecule has 0 radical (unpaired) electrons. The van der Waals surface area contributed by atoms with Gasteiger partial charge in [-0.05, 0) is 18.6 Å². The maximum absolute atomic E-state index is 6.18. The van der Waals surface area contributed by atoms with E-state index in [-0.39, 0.29) is 6.04 Å². The van der Waals surface area contributed by atoms with E-state index in [1.54, 1.807) is 0 Å². The van der Waals surface area contributed by atoms with Crippen molar-refractivity contribution in [3.63, 3.8) is 0 Å². The lowest BCUT2D eigenvalue weighted by molar-refractivity contribution is 0.466. The summed E-state index contributed by atoms with van der Waals surface area (Å²) < 4.78 is 2.12. The Hall–Kier alpha value is -1.39. The molecule has 17 heavy (non-hydrogen) atoms. The fourth-order valence-electron chi connectivity index (χ4n) is 2.19. The lowest BCUT2D eigenvalue weighted by Crippen LogP contribution is -2.31. The Balaban J connectivity index is 2.09. The molecule has 0 amide bonds. The second-order valence-corrected chi connectivity index (χ2v) is 4.73. The van der Waals surface area contributed by atoms with Gasteiger partial charge in [-0.25, -0.2) is 0 Å². The van der Waals surface area contributed by atoms with Crippen LogP contribution in [0.25, 0.3) is 11.4 Å². The number of benzene rings is 1. The molecule has 0 saturated heterocycles. The molecule has 2 heterocycles. The zero-order valence-corrected chi connectivity index (χ0v) is 10.1. The average molecular weight is 249 g/mol. The third kappa shape index (κ3) is 1.83. The predicted octanol–water partition coefficient (Wildman–Crippen LogP) is 1.87. The normalized spacial score (nSPS) is 19.1. The van der Waals surface area contributed by atoms with E-state index in [4.69, 9.17) is 17.3 Å². The van der Waals surface area contributed by atoms with Crippen molar-refractivity contribution in [3.05, 3.63) is 35.1 Å². The number of aromatic nitrogens is 3. The summed E-state index contributed by atoms with van der Waals surface area (Å²) in [6.07, 6.45) is 1.75. The molecule has 5 heteroatoms. The molecule has 1 aliphatic heterocycles. The third-order valence-corrected chi connectivity index (χ3v) is 3.44. The Kier molecular flexibility index (Phi) is 2.61. The minimum Gasteiger partial charge on any atom is -0.327 e. The highest BCUT2D eigenvalue weighted by Gasteiger charge is 2.21. The molecular weight excluding hydrogens is 236 g/mol. The summed E-state index contributed by atoms with van der Waals surface area (Å²) >= 11 is 6.18. The van der Waals surface area contributed by atoms with Gasteiger partial charge in [-0.3, -0.25) is 0 Å². The van der Waals surface area contributed by atoms with Crippen LogP contribution >= 0.6 is 11.6 Å². The maximum atomic E-state index is 6.18. The molecule has 0 bridgehead atoms. The van der Waals surface area contributed by atoms with Crippen LogP contribution < -0.4 is 5.73 Å². The van der Waals surface area contributed by atoms with Crippen molar-refractivity contribution in [2.24, 2.45) is 5.73 Å². The van der Waals surface area contributed by atoms with E-state index >= 15 is 0 Å². The van der Waals surface area contributed by atoms with Crippen LogP contribution in [-0.2, 0) is 13.0 Å². The summed E-state index contributed by atoms with van der Waals surface area (Å²) in [5.41, 5.74) is 6.85. The van der Waals surface area contributed by atoms with Gasteiger partial charge in [0.15, 0.2) is 5.82 Å². The van der Waals surface area contributed by atoms with Crippen LogP contribution in [0.15, 0.2) is 24.3 Å². The van der Waals surface area contributed by atoms with Gasteiger partial charge in [0.1, 0.15) is 5.82 Å². The van der Waals surface area contributed by atoms with Gasteiger partial charge in [0.05, 0.1) is 5.02 Å². The fourth-order valence-corrected chi connectivity index (χ4v) is 2.41. The topological polar surface area (TPSA) is 56.7 Å². The maximum Gasteiger partial charge on any atom is 0.165 e. The van der Waals surface area contributed by atoms with Crippen molar-refractivity contribution in [3.8, 4) is 11.4 Å². The van der Waals surface area contributed by atoms with Gasteiger partial charge in [-0.15, -0.1) is 10.2 Å². The zero-order chi connectivity index (χ0) is 11.8. The van der Waals surface area contributed by atoms with Crippen molar-refractivity contribution in [2.45, 2.75) is 25.4 Å². The van der Waals surface area contributed by atoms with Gasteiger partial charge in [0.2, 0.25) is 0 Å². The van der Waals surface area contributed by atoms with Crippen molar-refractivity contribution in [1.29, 1.82) is 0 Å². The van der Waals surface area contributed by atoms with Crippen molar-refractivity contribution in [1.82, 2.24) is 14.8 Å². The molecule has 1 aromatic carbocycles. The molecule has 1 unspecified atom stereocenters. The molecule has 2 N–H and O–H groups in total. The van der Waals surface area contributed by atoms with Crippen molar-refractivity contribution in [2.75, 3.05) is 0 Å². The molecule has 1 aliphatic rings. The van der Waals surface area contributed by atoms with E-state index in [9.17, 15) is 0 Å². The van der Waals surface area contributed by atoms with E-state index < -0.39 is 0 Å². The van der Waals surface area contributed by atoms with Crippen LogP contribution in [-0.4, -0.2) is 20.8 Å². The van der Waals surface area contributed by atoms with Gasteiger partial charge in [-0.2, -0.15) is 0 Å². The molecule has 3 rings (SSSR count). The fraction of sp³-hybridized carbons (Fsp3) is 0.333. The Morgan fingerprint density at radius 2 is 2.12 bits per heavy atom. The highest BCUT2D eigenvalue weighted by Crippen LogP contribution is 2.28. The minimum atomic E-state index is 0.200. The molecule has 0 aliphatic carbocycles. The van der Waals surface area contributed by atoms with Crippen LogP contribution in [0.5, 0.6) is 0 Å². The first kappa shape index (κ1) is 10.7. The lowest BCUT2D eigenvalue weighted by Gasteiger charge is -2.20. The first-order valence-electron chi connectivity index (χ1n) is 5.68. The summed E-state index contributed by atoms with van der Waals surface area (Å²) in [6, 6.07) is 7.90. The Labute approximate surface area is 104 Å². The smallest absolute Gasteiger partial charge is 0.165 e. The Morgan fingerprint density at radius 1 is 1.29 bits per heavy atom. The summed E-state index contributed by atoms with van der Waals surface area (Å²) in [6.45, 7) is 0.865. The summed E-state index contributed by atoms with van der Waals surface area (Å²) in [5.74, 6) is 1.80. The number of hydrogen-bond donors (Lipinski definition) is 1. The number of rotatable bonds is 1. The van der Waals surface area contributed by atoms with Crippen LogP contribution in [0.2, 0.25) is 5.02 Å². The molecule has 88 valence electrons. The van der Waals surface area contributed by atoms with Gasteiger partial charge < -0.3 is 10.3 Å². The van der Waals surface area contributed by atoms with Crippen molar-refractivity contribution >= 4 is 11.6 Å².